The molecule has 134 valence electrons. The van der Waals surface area contributed by atoms with Crippen molar-refractivity contribution < 1.29 is 13.0 Å². The van der Waals surface area contributed by atoms with Gasteiger partial charge in [0.05, 0.1) is 11.4 Å². The Morgan fingerprint density at radius 3 is 2.44 bits per heavy atom. The molecular formula is C17H22N4O3S. The van der Waals surface area contributed by atoms with E-state index in [0.29, 0.717) is 24.5 Å². The summed E-state index contributed by atoms with van der Waals surface area (Å²) in [6.07, 6.45) is 2.97. The minimum Gasteiger partial charge on any atom is -0.372 e. The van der Waals surface area contributed by atoms with Crippen molar-refractivity contribution in [2.75, 3.05) is 23.7 Å². The van der Waals surface area contributed by atoms with E-state index < -0.39 is 10.1 Å². The van der Waals surface area contributed by atoms with Gasteiger partial charge in [-0.15, -0.1) is 10.2 Å². The van der Waals surface area contributed by atoms with Gasteiger partial charge in [-0.05, 0) is 49.2 Å². The van der Waals surface area contributed by atoms with E-state index >= 15 is 0 Å². The number of nitrogens with zero attached hydrogens (tertiary/aromatic N) is 4. The molecule has 2 aromatic rings. The minimum atomic E-state index is -3.92. The van der Waals surface area contributed by atoms with E-state index in [1.165, 1.54) is 0 Å². The molecule has 0 bridgehead atoms. The van der Waals surface area contributed by atoms with Gasteiger partial charge in [-0.3, -0.25) is 4.55 Å². The van der Waals surface area contributed by atoms with Crippen molar-refractivity contribution in [2.24, 2.45) is 10.2 Å². The third-order valence-electron chi connectivity index (χ3n) is 3.46. The lowest BCUT2D eigenvalue weighted by Crippen LogP contribution is -2.26. The van der Waals surface area contributed by atoms with E-state index in [-0.39, 0.29) is 5.75 Å². The molecule has 0 aliphatic carbocycles. The van der Waals surface area contributed by atoms with Crippen LogP contribution in [0.1, 0.15) is 19.8 Å². The molecule has 1 heterocycles. The quantitative estimate of drug-likeness (QED) is 0.537. The van der Waals surface area contributed by atoms with Crippen LogP contribution in [0, 0.1) is 0 Å². The van der Waals surface area contributed by atoms with E-state index in [0.717, 1.165) is 18.7 Å². The molecule has 0 saturated heterocycles. The van der Waals surface area contributed by atoms with Crippen LogP contribution in [0.5, 0.6) is 0 Å². The van der Waals surface area contributed by atoms with E-state index in [2.05, 4.69) is 27.0 Å². The summed E-state index contributed by atoms with van der Waals surface area (Å²) >= 11 is 0. The highest BCUT2D eigenvalue weighted by molar-refractivity contribution is 7.85. The molecule has 0 spiro atoms. The molecular weight excluding hydrogens is 340 g/mol. The molecule has 1 N–H and O–H groups in total. The van der Waals surface area contributed by atoms with Crippen LogP contribution < -0.4 is 4.90 Å². The SMILES string of the molecule is CCCN(CCCS(=O)(=O)O)c1ccc(N=Nc2ccccn2)cc1. The van der Waals surface area contributed by atoms with Crippen LogP contribution in [0.4, 0.5) is 17.2 Å². The molecule has 8 heteroatoms. The first-order valence-corrected chi connectivity index (χ1v) is 9.72. The van der Waals surface area contributed by atoms with Gasteiger partial charge >= 0.3 is 0 Å². The van der Waals surface area contributed by atoms with Crippen molar-refractivity contribution in [2.45, 2.75) is 19.8 Å². The fraction of sp³-hybridized carbons (Fsp3) is 0.353. The molecule has 0 aliphatic heterocycles. The van der Waals surface area contributed by atoms with Crippen LogP contribution >= 0.6 is 0 Å². The van der Waals surface area contributed by atoms with Crippen molar-refractivity contribution in [3.05, 3.63) is 48.7 Å². The molecule has 0 aliphatic rings. The maximum absolute atomic E-state index is 10.8. The first kappa shape index (κ1) is 19.0. The molecule has 0 atom stereocenters. The predicted octanol–water partition coefficient (Wildman–Crippen LogP) is 3.99. The van der Waals surface area contributed by atoms with Gasteiger partial charge in [0, 0.05) is 25.0 Å². The lowest BCUT2D eigenvalue weighted by Gasteiger charge is -2.24. The summed E-state index contributed by atoms with van der Waals surface area (Å²) in [5, 5.41) is 8.22. The predicted molar refractivity (Wildman–Crippen MR) is 98.4 cm³/mol. The van der Waals surface area contributed by atoms with Gasteiger partial charge in [0.1, 0.15) is 0 Å². The Labute approximate surface area is 148 Å². The zero-order valence-electron chi connectivity index (χ0n) is 14.1. The second kappa shape index (κ2) is 9.24. The highest BCUT2D eigenvalue weighted by atomic mass is 32.2. The number of pyridine rings is 1. The maximum atomic E-state index is 10.8. The fourth-order valence-electron chi connectivity index (χ4n) is 2.33. The fourth-order valence-corrected chi connectivity index (χ4v) is 2.82. The maximum Gasteiger partial charge on any atom is 0.264 e. The Morgan fingerprint density at radius 2 is 1.84 bits per heavy atom. The molecule has 0 fully saturated rings. The number of rotatable bonds is 9. The summed E-state index contributed by atoms with van der Waals surface area (Å²) in [6, 6.07) is 13.0. The average Bonchev–Trinajstić information content (AvgIpc) is 2.60. The van der Waals surface area contributed by atoms with Gasteiger partial charge in [0.2, 0.25) is 0 Å². The molecule has 0 saturated carbocycles. The van der Waals surface area contributed by atoms with Crippen LogP contribution in [0.2, 0.25) is 0 Å². The van der Waals surface area contributed by atoms with E-state index in [1.807, 2.05) is 36.4 Å². The van der Waals surface area contributed by atoms with Crippen LogP contribution in [0.3, 0.4) is 0 Å². The van der Waals surface area contributed by atoms with Gasteiger partial charge < -0.3 is 4.90 Å². The van der Waals surface area contributed by atoms with Gasteiger partial charge in [0.15, 0.2) is 5.82 Å². The monoisotopic (exact) mass is 362 g/mol. The first-order chi connectivity index (χ1) is 12.0. The van der Waals surface area contributed by atoms with Crippen molar-refractivity contribution in [1.82, 2.24) is 4.98 Å². The molecule has 1 aromatic carbocycles. The van der Waals surface area contributed by atoms with Crippen molar-refractivity contribution in [3.8, 4) is 0 Å². The minimum absolute atomic E-state index is 0.233. The van der Waals surface area contributed by atoms with Gasteiger partial charge in [-0.2, -0.15) is 8.42 Å². The molecule has 0 unspecified atom stereocenters. The number of hydrogen-bond donors (Lipinski definition) is 1. The zero-order valence-corrected chi connectivity index (χ0v) is 14.9. The number of hydrogen-bond acceptors (Lipinski definition) is 6. The Morgan fingerprint density at radius 1 is 1.08 bits per heavy atom. The third kappa shape index (κ3) is 6.98. The molecule has 2 rings (SSSR count). The summed E-state index contributed by atoms with van der Waals surface area (Å²) in [5.74, 6) is 0.313. The summed E-state index contributed by atoms with van der Waals surface area (Å²) < 4.78 is 30.5. The molecule has 25 heavy (non-hydrogen) atoms. The molecule has 0 radical (unpaired) electrons. The largest absolute Gasteiger partial charge is 0.372 e. The van der Waals surface area contributed by atoms with Crippen LogP contribution in [0.15, 0.2) is 58.9 Å². The topological polar surface area (TPSA) is 95.2 Å². The van der Waals surface area contributed by atoms with Crippen molar-refractivity contribution >= 4 is 27.3 Å². The number of anilines is 1. The smallest absolute Gasteiger partial charge is 0.264 e. The molecule has 0 amide bonds. The van der Waals surface area contributed by atoms with E-state index in [9.17, 15) is 8.42 Å². The summed E-state index contributed by atoms with van der Waals surface area (Å²) in [6.45, 7) is 3.42. The number of aromatic nitrogens is 1. The van der Waals surface area contributed by atoms with Gasteiger partial charge in [0.25, 0.3) is 10.1 Å². The summed E-state index contributed by atoms with van der Waals surface area (Å²) in [7, 11) is -3.92. The standard InChI is InChI=1S/C17H22N4O3S/c1-2-12-21(13-5-14-25(22,23)24)16-9-7-15(8-10-16)19-20-17-6-3-4-11-18-17/h3-4,6-11H,2,5,12-14H2,1H3,(H,22,23,24). The number of benzene rings is 1. The van der Waals surface area contributed by atoms with Crippen LogP contribution in [0.25, 0.3) is 0 Å². The molecule has 1 aromatic heterocycles. The van der Waals surface area contributed by atoms with E-state index in [4.69, 9.17) is 4.55 Å². The summed E-state index contributed by atoms with van der Waals surface area (Å²) in [4.78, 5) is 6.17. The lowest BCUT2D eigenvalue weighted by molar-refractivity contribution is 0.481. The Bertz CT molecular complexity index is 777. The van der Waals surface area contributed by atoms with Gasteiger partial charge in [-0.1, -0.05) is 13.0 Å². The first-order valence-electron chi connectivity index (χ1n) is 8.11. The summed E-state index contributed by atoms with van der Waals surface area (Å²) in [5.41, 5.74) is 1.69. The Kier molecular flexibility index (Phi) is 7.03. The number of azo groups is 1. The lowest BCUT2D eigenvalue weighted by atomic mass is 10.2. The van der Waals surface area contributed by atoms with Crippen LogP contribution in [-0.2, 0) is 10.1 Å². The molecule has 7 nitrogen and oxygen atoms in total. The van der Waals surface area contributed by atoms with Crippen LogP contribution in [-0.4, -0.2) is 36.8 Å². The average molecular weight is 362 g/mol. The van der Waals surface area contributed by atoms with E-state index in [1.54, 1.807) is 12.3 Å². The Balaban J connectivity index is 2.01. The zero-order chi connectivity index (χ0) is 18.1. The van der Waals surface area contributed by atoms with Gasteiger partial charge in [-0.25, -0.2) is 4.98 Å². The van der Waals surface area contributed by atoms with Crippen molar-refractivity contribution in [1.29, 1.82) is 0 Å². The Hall–Kier alpha value is -2.32. The highest BCUT2D eigenvalue weighted by Crippen LogP contribution is 2.22. The second-order valence-electron chi connectivity index (χ2n) is 5.53. The normalized spacial score (nSPS) is 11.8. The second-order valence-corrected chi connectivity index (χ2v) is 7.10. The highest BCUT2D eigenvalue weighted by Gasteiger charge is 2.09. The van der Waals surface area contributed by atoms with Crippen molar-refractivity contribution in [3.63, 3.8) is 0 Å². The third-order valence-corrected chi connectivity index (χ3v) is 4.26.